The summed E-state index contributed by atoms with van der Waals surface area (Å²) in [7, 11) is 0. The van der Waals surface area contributed by atoms with Crippen LogP contribution in [0.4, 0.5) is 14.5 Å². The molecule has 1 heterocycles. The molecule has 0 radical (unpaired) electrons. The van der Waals surface area contributed by atoms with Crippen molar-refractivity contribution in [2.75, 3.05) is 5.32 Å². The number of fused-ring (bicyclic) bond motifs is 1. The van der Waals surface area contributed by atoms with E-state index in [1.54, 1.807) is 4.57 Å². The number of rotatable bonds is 5. The number of alkyl halides is 2. The highest BCUT2D eigenvalue weighted by Crippen LogP contribution is 2.36. The number of aryl methyl sites for hydroxylation is 1. The van der Waals surface area contributed by atoms with E-state index < -0.39 is 11.9 Å². The van der Waals surface area contributed by atoms with E-state index >= 15 is 0 Å². The molecule has 3 rings (SSSR count). The Balaban J connectivity index is 1.88. The fourth-order valence-electron chi connectivity index (χ4n) is 3.32. The van der Waals surface area contributed by atoms with Crippen molar-refractivity contribution >= 4 is 22.6 Å². The summed E-state index contributed by atoms with van der Waals surface area (Å²) in [4.78, 5) is 10.9. The Hall–Kier alpha value is -2.11. The molecule has 23 heavy (non-hydrogen) atoms. The molecule has 1 saturated carbocycles. The van der Waals surface area contributed by atoms with Gasteiger partial charge < -0.3 is 19.8 Å². The second-order valence-electron chi connectivity index (χ2n) is 6.18. The molecular weight excluding hydrogens is 302 g/mol. The Labute approximate surface area is 133 Å². The molecule has 4 nitrogen and oxygen atoms in total. The number of anilines is 1. The Morgan fingerprint density at radius 1 is 1.48 bits per heavy atom. The Kier molecular flexibility index (Phi) is 4.00. The van der Waals surface area contributed by atoms with Crippen LogP contribution in [0.2, 0.25) is 0 Å². The van der Waals surface area contributed by atoms with Crippen LogP contribution in [0.5, 0.6) is 0 Å². The quantitative estimate of drug-likeness (QED) is 0.921. The minimum atomic E-state index is -2.58. The van der Waals surface area contributed by atoms with Crippen LogP contribution < -0.4 is 10.4 Å². The normalized spacial score (nSPS) is 20.0. The van der Waals surface area contributed by atoms with E-state index in [2.05, 4.69) is 5.32 Å². The number of hydrogen-bond acceptors (Lipinski definition) is 3. The topological polar surface area (TPSA) is 57.1 Å². The van der Waals surface area contributed by atoms with Crippen molar-refractivity contribution in [1.29, 1.82) is 0 Å². The molecule has 1 atom stereocenters. The molecule has 0 spiro atoms. The third-order valence-electron chi connectivity index (χ3n) is 4.42. The average Bonchev–Trinajstić information content (AvgIpc) is 2.98. The van der Waals surface area contributed by atoms with Gasteiger partial charge in [-0.15, -0.1) is 0 Å². The number of hydrogen-bond donors (Lipinski definition) is 1. The molecule has 6 heteroatoms. The average molecular weight is 321 g/mol. The number of carboxylic acids is 1. The van der Waals surface area contributed by atoms with Gasteiger partial charge in [0.25, 0.3) is 0 Å². The SMILES string of the molecule is CCc1cn(CC(=O)[O-])c2ccc(NC3CCC(F)(F)C3)cc12. The molecule has 1 aliphatic carbocycles. The second kappa shape index (κ2) is 5.83. The summed E-state index contributed by atoms with van der Waals surface area (Å²) < 4.78 is 28.2. The molecule has 1 aromatic carbocycles. The Morgan fingerprint density at radius 3 is 2.87 bits per heavy atom. The maximum atomic E-state index is 13.3. The van der Waals surface area contributed by atoms with Crippen LogP contribution in [0.3, 0.4) is 0 Å². The predicted molar refractivity (Wildman–Crippen MR) is 82.5 cm³/mol. The molecule has 0 aliphatic heterocycles. The lowest BCUT2D eigenvalue weighted by Crippen LogP contribution is -2.27. The highest BCUT2D eigenvalue weighted by Gasteiger charge is 2.39. The van der Waals surface area contributed by atoms with Crippen LogP contribution in [0.25, 0.3) is 10.9 Å². The van der Waals surface area contributed by atoms with Crippen LogP contribution in [-0.4, -0.2) is 22.5 Å². The van der Waals surface area contributed by atoms with E-state index in [0.29, 0.717) is 6.42 Å². The first-order valence-electron chi connectivity index (χ1n) is 7.84. The van der Waals surface area contributed by atoms with Crippen LogP contribution in [0.15, 0.2) is 24.4 Å². The monoisotopic (exact) mass is 321 g/mol. The van der Waals surface area contributed by atoms with E-state index in [9.17, 15) is 18.7 Å². The number of carbonyl (C=O) groups excluding carboxylic acids is 1. The summed E-state index contributed by atoms with van der Waals surface area (Å²) in [6.07, 6.45) is 2.82. The van der Waals surface area contributed by atoms with Crippen LogP contribution in [-0.2, 0) is 17.8 Å². The summed E-state index contributed by atoms with van der Waals surface area (Å²) in [6, 6.07) is 5.32. The summed E-state index contributed by atoms with van der Waals surface area (Å²) >= 11 is 0. The zero-order valence-electron chi connectivity index (χ0n) is 12.9. The van der Waals surface area contributed by atoms with Gasteiger partial charge in [0, 0.05) is 41.7 Å². The maximum absolute atomic E-state index is 13.3. The fraction of sp³-hybridized carbons (Fsp3) is 0.471. The van der Waals surface area contributed by atoms with Gasteiger partial charge in [0.2, 0.25) is 5.92 Å². The molecule has 1 unspecified atom stereocenters. The third-order valence-corrected chi connectivity index (χ3v) is 4.42. The smallest absolute Gasteiger partial charge is 0.250 e. The first-order valence-corrected chi connectivity index (χ1v) is 7.84. The van der Waals surface area contributed by atoms with Gasteiger partial charge in [-0.25, -0.2) is 8.78 Å². The van der Waals surface area contributed by atoms with Crippen molar-refractivity contribution in [1.82, 2.24) is 4.57 Å². The third kappa shape index (κ3) is 3.30. The maximum Gasteiger partial charge on any atom is 0.250 e. The number of aliphatic carboxylic acids is 1. The molecule has 0 saturated heterocycles. The molecule has 1 N–H and O–H groups in total. The Bertz CT molecular complexity index is 740. The predicted octanol–water partition coefficient (Wildman–Crippen LogP) is 2.55. The van der Waals surface area contributed by atoms with Crippen LogP contribution in [0.1, 0.15) is 31.7 Å². The summed E-state index contributed by atoms with van der Waals surface area (Å²) in [5, 5.41) is 15.0. The number of halogens is 2. The zero-order chi connectivity index (χ0) is 16.6. The van der Waals surface area contributed by atoms with E-state index in [1.807, 2.05) is 31.3 Å². The van der Waals surface area contributed by atoms with Gasteiger partial charge in [-0.3, -0.25) is 0 Å². The van der Waals surface area contributed by atoms with Gasteiger partial charge >= 0.3 is 0 Å². The summed E-state index contributed by atoms with van der Waals surface area (Å²) in [6.45, 7) is 1.80. The minimum Gasteiger partial charge on any atom is -0.548 e. The van der Waals surface area contributed by atoms with Crippen molar-refractivity contribution in [3.8, 4) is 0 Å². The lowest BCUT2D eigenvalue weighted by Gasteiger charge is -2.15. The first kappa shape index (κ1) is 15.8. The lowest BCUT2D eigenvalue weighted by molar-refractivity contribution is -0.306. The van der Waals surface area contributed by atoms with E-state index in [1.165, 1.54) is 0 Å². The van der Waals surface area contributed by atoms with E-state index in [-0.39, 0.29) is 25.4 Å². The van der Waals surface area contributed by atoms with Gasteiger partial charge in [-0.05, 0) is 36.6 Å². The second-order valence-corrected chi connectivity index (χ2v) is 6.18. The fourth-order valence-corrected chi connectivity index (χ4v) is 3.32. The van der Waals surface area contributed by atoms with Crippen molar-refractivity contribution in [2.24, 2.45) is 0 Å². The number of aromatic nitrogens is 1. The van der Waals surface area contributed by atoms with E-state index in [0.717, 1.165) is 28.6 Å². The number of carboxylic acid groups (broad SMARTS) is 1. The largest absolute Gasteiger partial charge is 0.548 e. The number of benzene rings is 1. The highest BCUT2D eigenvalue weighted by molar-refractivity contribution is 5.88. The lowest BCUT2D eigenvalue weighted by atomic mass is 10.1. The van der Waals surface area contributed by atoms with Gasteiger partial charge in [-0.1, -0.05) is 6.92 Å². The zero-order valence-corrected chi connectivity index (χ0v) is 12.9. The molecule has 0 bridgehead atoms. The first-order chi connectivity index (χ1) is 10.9. The summed E-state index contributed by atoms with van der Waals surface area (Å²) in [5.74, 6) is -3.71. The number of nitrogens with one attached hydrogen (secondary N) is 1. The molecule has 1 fully saturated rings. The van der Waals surface area contributed by atoms with Gasteiger partial charge in [0.1, 0.15) is 0 Å². The molecule has 1 aliphatic rings. The standard InChI is InChI=1S/C17H20F2N2O2/c1-2-11-9-21(10-16(22)23)15-4-3-12(7-14(11)15)20-13-5-6-17(18,19)8-13/h3-4,7,9,13,20H,2,5-6,8,10H2,1H3,(H,22,23)/p-1. The highest BCUT2D eigenvalue weighted by atomic mass is 19.3. The van der Waals surface area contributed by atoms with Crippen molar-refractivity contribution < 1.29 is 18.7 Å². The van der Waals surface area contributed by atoms with Crippen molar-refractivity contribution in [3.05, 3.63) is 30.0 Å². The van der Waals surface area contributed by atoms with Crippen molar-refractivity contribution in [3.63, 3.8) is 0 Å². The number of carbonyl (C=O) groups is 1. The van der Waals surface area contributed by atoms with Crippen LogP contribution in [0, 0.1) is 0 Å². The molecule has 124 valence electrons. The summed E-state index contributed by atoms with van der Waals surface area (Å²) in [5.41, 5.74) is 2.64. The van der Waals surface area contributed by atoms with Crippen molar-refractivity contribution in [2.45, 2.75) is 51.1 Å². The minimum absolute atomic E-state index is 0.0743. The van der Waals surface area contributed by atoms with Crippen LogP contribution >= 0.6 is 0 Å². The molecule has 0 amide bonds. The van der Waals surface area contributed by atoms with Gasteiger partial charge in [-0.2, -0.15) is 0 Å². The molecule has 1 aromatic heterocycles. The van der Waals surface area contributed by atoms with Gasteiger partial charge in [0.05, 0.1) is 12.5 Å². The van der Waals surface area contributed by atoms with E-state index in [4.69, 9.17) is 0 Å². The number of nitrogens with zero attached hydrogens (tertiary/aromatic N) is 1. The molecular formula is C17H19F2N2O2-. The molecule has 2 aromatic rings. The van der Waals surface area contributed by atoms with Gasteiger partial charge in [0.15, 0.2) is 0 Å². The Morgan fingerprint density at radius 2 is 2.26 bits per heavy atom.